The zero-order valence-electron chi connectivity index (χ0n) is 24.1. The van der Waals surface area contributed by atoms with Crippen molar-refractivity contribution < 1.29 is 14.3 Å². The fourth-order valence-corrected chi connectivity index (χ4v) is 6.05. The van der Waals surface area contributed by atoms with Gasteiger partial charge in [0.1, 0.15) is 6.04 Å². The zero-order chi connectivity index (χ0) is 29.3. The molecule has 3 aromatic rings. The standard InChI is InChI=1S/C33H42N6O3/c34-33(35)37-17-6-12-27-20-28(42-22-24-14-15-25-10-4-5-11-26(25)18-24)21-39(27)32(41)30(19-23-8-2-1-3-9-23)38-31(40)29-13-7-16-36-29/h1-5,8-11,14-15,18,27-30,36H,6-7,12-13,16-17,19-22H2,(H,38,40)(H4,34,35,37)/t27-,28+,29+,30+/m0/s1. The summed E-state index contributed by atoms with van der Waals surface area (Å²) >= 11 is 0. The molecule has 2 fully saturated rings. The van der Waals surface area contributed by atoms with Gasteiger partial charge in [0.25, 0.3) is 0 Å². The monoisotopic (exact) mass is 570 g/mol. The van der Waals surface area contributed by atoms with Crippen LogP contribution in [0.2, 0.25) is 0 Å². The third-order valence-corrected chi connectivity index (χ3v) is 8.22. The molecule has 2 heterocycles. The summed E-state index contributed by atoms with van der Waals surface area (Å²) in [5.41, 5.74) is 13.1. The highest BCUT2D eigenvalue weighted by Gasteiger charge is 2.39. The maximum absolute atomic E-state index is 14.2. The Morgan fingerprint density at radius 3 is 2.57 bits per heavy atom. The Labute approximate surface area is 247 Å². The van der Waals surface area contributed by atoms with Gasteiger partial charge >= 0.3 is 0 Å². The normalized spacial score (nSPS) is 20.9. The third-order valence-electron chi connectivity index (χ3n) is 8.22. The Morgan fingerprint density at radius 2 is 1.81 bits per heavy atom. The Bertz CT molecular complexity index is 1370. The number of hydrogen-bond acceptors (Lipinski definition) is 5. The molecular formula is C33H42N6O3. The molecule has 0 radical (unpaired) electrons. The predicted octanol–water partition coefficient (Wildman–Crippen LogP) is 2.86. The van der Waals surface area contributed by atoms with Crippen molar-refractivity contribution in [1.29, 1.82) is 0 Å². The van der Waals surface area contributed by atoms with Gasteiger partial charge in [-0.1, -0.05) is 66.7 Å². The molecule has 0 spiro atoms. The summed E-state index contributed by atoms with van der Waals surface area (Å²) in [5.74, 6) is -0.125. The number of rotatable bonds is 12. The van der Waals surface area contributed by atoms with Gasteiger partial charge in [-0.05, 0) is 66.6 Å². The lowest BCUT2D eigenvalue weighted by Gasteiger charge is -2.30. The van der Waals surface area contributed by atoms with Crippen LogP contribution in [0.5, 0.6) is 0 Å². The number of amides is 2. The second-order valence-electron chi connectivity index (χ2n) is 11.3. The average Bonchev–Trinajstić information content (AvgIpc) is 3.69. The summed E-state index contributed by atoms with van der Waals surface area (Å²) in [7, 11) is 0. The largest absolute Gasteiger partial charge is 0.372 e. The molecule has 0 bridgehead atoms. The van der Waals surface area contributed by atoms with Crippen LogP contribution in [-0.4, -0.2) is 66.5 Å². The van der Waals surface area contributed by atoms with E-state index in [4.69, 9.17) is 16.2 Å². The van der Waals surface area contributed by atoms with Crippen LogP contribution in [0.15, 0.2) is 77.8 Å². The number of likely N-dealkylation sites (tertiary alicyclic amines) is 1. The Kier molecular flexibility index (Phi) is 10.0. The van der Waals surface area contributed by atoms with E-state index in [1.54, 1.807) is 0 Å². The van der Waals surface area contributed by atoms with Crippen molar-refractivity contribution >= 4 is 28.5 Å². The molecule has 0 aromatic heterocycles. The van der Waals surface area contributed by atoms with Crippen LogP contribution < -0.4 is 22.1 Å². The minimum absolute atomic E-state index is 0.0342. The number of ether oxygens (including phenoxy) is 1. The Morgan fingerprint density at radius 1 is 1.02 bits per heavy atom. The van der Waals surface area contributed by atoms with E-state index in [2.05, 4.69) is 46.0 Å². The van der Waals surface area contributed by atoms with Gasteiger partial charge < -0.3 is 31.7 Å². The first-order valence-corrected chi connectivity index (χ1v) is 15.0. The summed E-state index contributed by atoms with van der Waals surface area (Å²) in [6, 6.07) is 23.5. The van der Waals surface area contributed by atoms with Crippen LogP contribution in [0.1, 0.15) is 43.2 Å². The van der Waals surface area contributed by atoms with Crippen LogP contribution in [-0.2, 0) is 27.4 Å². The maximum Gasteiger partial charge on any atom is 0.245 e. The lowest BCUT2D eigenvalue weighted by Crippen LogP contribution is -2.54. The van der Waals surface area contributed by atoms with Crippen LogP contribution in [0.4, 0.5) is 0 Å². The number of carbonyl (C=O) groups excluding carboxylic acids is 2. The van der Waals surface area contributed by atoms with Crippen molar-refractivity contribution in [3.8, 4) is 0 Å². The first-order chi connectivity index (χ1) is 20.5. The fourth-order valence-electron chi connectivity index (χ4n) is 6.05. The topological polar surface area (TPSA) is 135 Å². The van der Waals surface area contributed by atoms with E-state index in [0.29, 0.717) is 26.1 Å². The van der Waals surface area contributed by atoms with Crippen LogP contribution >= 0.6 is 0 Å². The highest BCUT2D eigenvalue weighted by atomic mass is 16.5. The summed E-state index contributed by atoms with van der Waals surface area (Å²) in [4.78, 5) is 33.4. The van der Waals surface area contributed by atoms with E-state index in [1.807, 2.05) is 47.4 Å². The SMILES string of the molecule is NC(N)=NCCC[C@H]1C[C@@H](OCc2ccc3ccccc3c2)CN1C(=O)[C@@H](Cc1ccccc1)NC(=O)[C@H]1CCCN1. The van der Waals surface area contributed by atoms with Crippen LogP contribution in [0.3, 0.4) is 0 Å². The van der Waals surface area contributed by atoms with E-state index in [-0.39, 0.29) is 36.0 Å². The molecule has 222 valence electrons. The highest BCUT2D eigenvalue weighted by molar-refractivity contribution is 5.90. The molecule has 5 rings (SSSR count). The third kappa shape index (κ3) is 7.86. The molecule has 2 aliphatic heterocycles. The minimum atomic E-state index is -0.665. The molecule has 0 unspecified atom stereocenters. The molecule has 4 atom stereocenters. The number of benzene rings is 3. The van der Waals surface area contributed by atoms with Crippen LogP contribution in [0, 0.1) is 0 Å². The molecule has 2 amide bonds. The quantitative estimate of drug-likeness (QED) is 0.150. The van der Waals surface area contributed by atoms with Gasteiger partial charge in [0.05, 0.1) is 18.8 Å². The van der Waals surface area contributed by atoms with Gasteiger partial charge in [-0.25, -0.2) is 0 Å². The molecule has 9 nitrogen and oxygen atoms in total. The van der Waals surface area contributed by atoms with Crippen molar-refractivity contribution in [2.45, 2.75) is 69.4 Å². The van der Waals surface area contributed by atoms with Gasteiger partial charge in [0, 0.05) is 25.6 Å². The van der Waals surface area contributed by atoms with Gasteiger partial charge in [0.2, 0.25) is 11.8 Å². The first-order valence-electron chi connectivity index (χ1n) is 15.0. The van der Waals surface area contributed by atoms with Gasteiger partial charge in [-0.2, -0.15) is 0 Å². The number of carbonyl (C=O) groups is 2. The molecule has 0 saturated carbocycles. The van der Waals surface area contributed by atoms with Gasteiger partial charge in [-0.3, -0.25) is 14.6 Å². The second-order valence-corrected chi connectivity index (χ2v) is 11.3. The van der Waals surface area contributed by atoms with Gasteiger partial charge in [0.15, 0.2) is 5.96 Å². The number of guanidine groups is 1. The lowest BCUT2D eigenvalue weighted by molar-refractivity contribution is -0.138. The number of fused-ring (bicyclic) bond motifs is 1. The van der Waals surface area contributed by atoms with Crippen molar-refractivity contribution in [2.75, 3.05) is 19.6 Å². The summed E-state index contributed by atoms with van der Waals surface area (Å²) in [5, 5.41) is 8.71. The van der Waals surface area contributed by atoms with Crippen LogP contribution in [0.25, 0.3) is 10.8 Å². The first kappa shape index (κ1) is 29.5. The molecular weight excluding hydrogens is 528 g/mol. The molecule has 42 heavy (non-hydrogen) atoms. The average molecular weight is 571 g/mol. The fraction of sp³-hybridized carbons (Fsp3) is 0.424. The second kappa shape index (κ2) is 14.3. The van der Waals surface area contributed by atoms with E-state index in [1.165, 1.54) is 10.8 Å². The number of nitrogens with two attached hydrogens (primary N) is 2. The number of hydrogen-bond donors (Lipinski definition) is 4. The van der Waals surface area contributed by atoms with E-state index < -0.39 is 6.04 Å². The highest BCUT2D eigenvalue weighted by Crippen LogP contribution is 2.27. The molecule has 0 aliphatic carbocycles. The predicted molar refractivity (Wildman–Crippen MR) is 166 cm³/mol. The van der Waals surface area contributed by atoms with Gasteiger partial charge in [-0.15, -0.1) is 0 Å². The van der Waals surface area contributed by atoms with Crippen molar-refractivity contribution in [2.24, 2.45) is 16.5 Å². The van der Waals surface area contributed by atoms with E-state index >= 15 is 0 Å². The molecule has 2 aliphatic rings. The smallest absolute Gasteiger partial charge is 0.245 e. The van der Waals surface area contributed by atoms with Crippen molar-refractivity contribution in [3.63, 3.8) is 0 Å². The number of aliphatic imine (C=N–C) groups is 1. The number of nitrogens with zero attached hydrogens (tertiary/aromatic N) is 2. The van der Waals surface area contributed by atoms with Crippen molar-refractivity contribution in [3.05, 3.63) is 83.9 Å². The molecule has 2 saturated heterocycles. The Balaban J connectivity index is 1.30. The molecule has 9 heteroatoms. The van der Waals surface area contributed by atoms with Crippen molar-refractivity contribution in [1.82, 2.24) is 15.5 Å². The zero-order valence-corrected chi connectivity index (χ0v) is 24.1. The molecule has 3 aromatic carbocycles. The van der Waals surface area contributed by atoms with E-state index in [0.717, 1.165) is 49.8 Å². The lowest BCUT2D eigenvalue weighted by atomic mass is 10.0. The Hall–Kier alpha value is -3.95. The maximum atomic E-state index is 14.2. The summed E-state index contributed by atoms with van der Waals surface area (Å²) in [6.07, 6.45) is 4.25. The minimum Gasteiger partial charge on any atom is -0.372 e. The van der Waals surface area contributed by atoms with E-state index in [9.17, 15) is 9.59 Å². The molecule has 6 N–H and O–H groups in total. The summed E-state index contributed by atoms with van der Waals surface area (Å²) < 4.78 is 6.39. The number of nitrogens with one attached hydrogen (secondary N) is 2. The summed E-state index contributed by atoms with van der Waals surface area (Å²) in [6.45, 7) is 2.26.